The zero-order chi connectivity index (χ0) is 26.1. The molecular formula is C22H27N4O9P. The van der Waals surface area contributed by atoms with Gasteiger partial charge in [-0.2, -0.15) is 5.09 Å². The summed E-state index contributed by atoms with van der Waals surface area (Å²) in [6, 6.07) is 7.14. The van der Waals surface area contributed by atoms with Crippen LogP contribution in [0.2, 0.25) is 0 Å². The lowest BCUT2D eigenvalue weighted by atomic mass is 9.89. The monoisotopic (exact) mass is 522 g/mol. The van der Waals surface area contributed by atoms with E-state index in [1.54, 1.807) is 30.3 Å². The number of nitrogens with one attached hydrogen (secondary N) is 1. The number of aliphatic hydroxyl groups is 2. The molecule has 0 aliphatic carbocycles. The van der Waals surface area contributed by atoms with Gasteiger partial charge in [-0.05, 0) is 26.0 Å². The number of carbonyl (C=O) groups is 1. The third kappa shape index (κ3) is 5.07. The first-order valence-corrected chi connectivity index (χ1v) is 12.5. The highest BCUT2D eigenvalue weighted by Gasteiger charge is 2.54. The first-order valence-electron chi connectivity index (χ1n) is 10.9. The Morgan fingerprint density at radius 2 is 2.06 bits per heavy atom. The molecule has 0 spiro atoms. The number of carbonyl (C=O) groups excluding carboxylic acids is 1. The van der Waals surface area contributed by atoms with Crippen molar-refractivity contribution < 1.29 is 42.5 Å². The number of furan rings is 1. The van der Waals surface area contributed by atoms with Crippen molar-refractivity contribution in [1.82, 2.24) is 15.1 Å². The zero-order valence-corrected chi connectivity index (χ0v) is 20.6. The van der Waals surface area contributed by atoms with Crippen molar-refractivity contribution >= 4 is 30.6 Å². The molecule has 5 N–H and O–H groups in total. The average Bonchev–Trinajstić information content (AvgIpc) is 3.37. The Labute approximate surface area is 206 Å². The molecule has 0 saturated carbocycles. The van der Waals surface area contributed by atoms with Gasteiger partial charge in [0.25, 0.3) is 0 Å². The van der Waals surface area contributed by atoms with E-state index in [1.807, 2.05) is 0 Å². The van der Waals surface area contributed by atoms with E-state index in [1.165, 1.54) is 33.5 Å². The number of nitrogens with two attached hydrogens (primary N) is 1. The fraction of sp³-hybridized carbons (Fsp3) is 0.409. The fourth-order valence-corrected chi connectivity index (χ4v) is 5.36. The largest absolute Gasteiger partial charge is 0.468 e. The molecule has 1 aromatic carbocycles. The summed E-state index contributed by atoms with van der Waals surface area (Å²) in [5, 5.41) is 24.4. The smallest absolute Gasteiger partial charge is 0.459 e. The minimum Gasteiger partial charge on any atom is -0.468 e. The third-order valence-electron chi connectivity index (χ3n) is 5.77. The second-order valence-corrected chi connectivity index (χ2v) is 10.1. The molecule has 0 bridgehead atoms. The van der Waals surface area contributed by atoms with Crippen molar-refractivity contribution in [3.05, 3.63) is 48.5 Å². The second kappa shape index (κ2) is 10.1. The van der Waals surface area contributed by atoms with Crippen LogP contribution in [-0.2, 0) is 23.4 Å². The van der Waals surface area contributed by atoms with E-state index in [4.69, 9.17) is 23.9 Å². The van der Waals surface area contributed by atoms with E-state index in [9.17, 15) is 19.6 Å². The van der Waals surface area contributed by atoms with Crippen LogP contribution in [-0.4, -0.2) is 63.7 Å². The van der Waals surface area contributed by atoms with E-state index >= 15 is 0 Å². The van der Waals surface area contributed by atoms with Crippen LogP contribution in [0.4, 0.5) is 5.82 Å². The number of anilines is 1. The minimum atomic E-state index is -4.19. The lowest BCUT2D eigenvalue weighted by molar-refractivity contribution is -0.142. The highest BCUT2D eigenvalue weighted by Crippen LogP contribution is 2.48. The Hall–Kier alpha value is -3.06. The molecule has 1 fully saturated rings. The molecule has 4 rings (SSSR count). The van der Waals surface area contributed by atoms with Crippen molar-refractivity contribution in [2.75, 3.05) is 19.5 Å². The highest BCUT2D eigenvalue weighted by molar-refractivity contribution is 7.52. The van der Waals surface area contributed by atoms with Gasteiger partial charge < -0.3 is 34.4 Å². The van der Waals surface area contributed by atoms with Crippen molar-refractivity contribution in [3.8, 4) is 5.75 Å². The van der Waals surface area contributed by atoms with E-state index in [-0.39, 0.29) is 17.2 Å². The maximum Gasteiger partial charge on any atom is 0.459 e. The summed E-state index contributed by atoms with van der Waals surface area (Å²) in [5.41, 5.74) is 4.88. The zero-order valence-electron chi connectivity index (χ0n) is 19.7. The molecule has 1 saturated heterocycles. The number of methoxy groups -OCH3 is 1. The first kappa shape index (κ1) is 26.0. The molecule has 194 valence electrons. The number of esters is 1. The number of para-hydroxylation sites is 1. The molecule has 13 nitrogen and oxygen atoms in total. The van der Waals surface area contributed by atoms with Crippen LogP contribution in [0.15, 0.2) is 47.3 Å². The molecule has 1 aliphatic rings. The van der Waals surface area contributed by atoms with Gasteiger partial charge in [0.1, 0.15) is 47.5 Å². The molecule has 36 heavy (non-hydrogen) atoms. The fourth-order valence-electron chi connectivity index (χ4n) is 3.86. The highest BCUT2D eigenvalue weighted by atomic mass is 31.2. The number of benzene rings is 1. The second-order valence-electron chi connectivity index (χ2n) is 8.42. The number of hydrogen-bond acceptors (Lipinski definition) is 12. The maximum absolute atomic E-state index is 13.6. The summed E-state index contributed by atoms with van der Waals surface area (Å²) in [6.07, 6.45) is -1.14. The van der Waals surface area contributed by atoms with E-state index in [0.717, 1.165) is 0 Å². The van der Waals surface area contributed by atoms with Gasteiger partial charge in [-0.15, -0.1) is 0 Å². The Morgan fingerprint density at radius 1 is 1.33 bits per heavy atom. The Bertz CT molecular complexity index is 1270. The molecular weight excluding hydrogens is 495 g/mol. The molecule has 0 radical (unpaired) electrons. The van der Waals surface area contributed by atoms with Gasteiger partial charge in [-0.3, -0.25) is 9.32 Å². The standard InChI is InChI=1S/C22H27N4O9P/c1-12(21(28)31-3)26-36(30,35-13-7-5-4-6-8-13)33-10-15-18(27)22(2,29)19(34-15)14-9-32-17-16(14)24-11-25-20(17)23/h4-9,11-12,15,18-19,27,29H,10H2,1-3H3,(H,26,30)(H2,23,24,25). The summed E-state index contributed by atoms with van der Waals surface area (Å²) in [4.78, 5) is 19.9. The van der Waals surface area contributed by atoms with Crippen LogP contribution in [0.1, 0.15) is 25.5 Å². The SMILES string of the molecule is COC(=O)C(C)NP(=O)(OCC1OC(c2coc3c(N)ncnc23)C(C)(O)C1O)Oc1ccccc1. The van der Waals surface area contributed by atoms with Crippen LogP contribution >= 0.6 is 7.75 Å². The number of fused-ring (bicyclic) bond motifs is 1. The van der Waals surface area contributed by atoms with Gasteiger partial charge >= 0.3 is 13.7 Å². The molecule has 14 heteroatoms. The maximum atomic E-state index is 13.6. The Balaban J connectivity index is 1.55. The molecule has 0 amide bonds. The number of rotatable bonds is 9. The number of hydrogen-bond donors (Lipinski definition) is 4. The van der Waals surface area contributed by atoms with Gasteiger partial charge in [0.15, 0.2) is 11.4 Å². The average molecular weight is 522 g/mol. The van der Waals surface area contributed by atoms with Gasteiger partial charge in [-0.1, -0.05) is 18.2 Å². The number of aromatic nitrogens is 2. The molecule has 1 aliphatic heterocycles. The van der Waals surface area contributed by atoms with E-state index < -0.39 is 50.3 Å². The van der Waals surface area contributed by atoms with Crippen molar-refractivity contribution in [2.45, 2.75) is 43.8 Å². The number of nitrogen functional groups attached to an aromatic ring is 1. The molecule has 3 heterocycles. The summed E-state index contributed by atoms with van der Waals surface area (Å²) >= 11 is 0. The molecule has 6 atom stereocenters. The van der Waals surface area contributed by atoms with Crippen molar-refractivity contribution in [3.63, 3.8) is 0 Å². The Kier molecular flexibility index (Phi) is 7.32. The van der Waals surface area contributed by atoms with Crippen molar-refractivity contribution in [1.29, 1.82) is 0 Å². The summed E-state index contributed by atoms with van der Waals surface area (Å²) in [5.74, 6) is -0.372. The predicted molar refractivity (Wildman–Crippen MR) is 126 cm³/mol. The third-order valence-corrected chi connectivity index (χ3v) is 7.41. The summed E-state index contributed by atoms with van der Waals surface area (Å²) < 4.78 is 40.7. The summed E-state index contributed by atoms with van der Waals surface area (Å²) in [7, 11) is -3.00. The minimum absolute atomic E-state index is 0.106. The van der Waals surface area contributed by atoms with Gasteiger partial charge in [0, 0.05) is 5.56 Å². The predicted octanol–water partition coefficient (Wildman–Crippen LogP) is 1.71. The number of ether oxygens (including phenoxy) is 2. The number of aliphatic hydroxyl groups excluding tert-OH is 1. The van der Waals surface area contributed by atoms with Gasteiger partial charge in [-0.25, -0.2) is 14.5 Å². The van der Waals surface area contributed by atoms with Gasteiger partial charge in [0.05, 0.1) is 20.0 Å². The molecule has 6 unspecified atom stereocenters. The number of nitrogens with zero attached hydrogens (tertiary/aromatic N) is 2. The van der Waals surface area contributed by atoms with Crippen LogP contribution in [0, 0.1) is 0 Å². The first-order chi connectivity index (χ1) is 17.1. The lowest BCUT2D eigenvalue weighted by Gasteiger charge is -2.26. The normalized spacial score (nSPS) is 26.4. The van der Waals surface area contributed by atoms with Gasteiger partial charge in [0.2, 0.25) is 0 Å². The van der Waals surface area contributed by atoms with E-state index in [0.29, 0.717) is 11.1 Å². The quantitative estimate of drug-likeness (QED) is 0.235. The summed E-state index contributed by atoms with van der Waals surface area (Å²) in [6.45, 7) is 2.34. The van der Waals surface area contributed by atoms with Crippen LogP contribution in [0.3, 0.4) is 0 Å². The molecule has 2 aromatic heterocycles. The van der Waals surface area contributed by atoms with E-state index in [2.05, 4.69) is 19.8 Å². The van der Waals surface area contributed by atoms with Crippen LogP contribution in [0.5, 0.6) is 5.75 Å². The molecule has 3 aromatic rings. The Morgan fingerprint density at radius 3 is 2.75 bits per heavy atom. The van der Waals surface area contributed by atoms with Crippen molar-refractivity contribution in [2.24, 2.45) is 0 Å². The topological polar surface area (TPSA) is 188 Å². The van der Waals surface area contributed by atoms with Crippen LogP contribution in [0.25, 0.3) is 11.1 Å². The van der Waals surface area contributed by atoms with Crippen LogP contribution < -0.4 is 15.3 Å². The lowest BCUT2D eigenvalue weighted by Crippen LogP contribution is -2.43.